The molecule has 2 N–H and O–H groups in total. The highest BCUT2D eigenvalue weighted by Gasteiger charge is 2.13. The smallest absolute Gasteiger partial charge is 0.268 e. The molecular formula is C24H23N3O3. The number of para-hydroxylation sites is 1. The summed E-state index contributed by atoms with van der Waals surface area (Å²) in [5, 5.41) is 13.7. The van der Waals surface area contributed by atoms with Crippen LogP contribution >= 0.6 is 0 Å². The van der Waals surface area contributed by atoms with Crippen molar-refractivity contribution in [2.75, 3.05) is 12.4 Å². The second-order valence-electron chi connectivity index (χ2n) is 7.02. The summed E-state index contributed by atoms with van der Waals surface area (Å²) in [6, 6.07) is 22.6. The van der Waals surface area contributed by atoms with E-state index in [1.54, 1.807) is 4.57 Å². The van der Waals surface area contributed by atoms with Crippen LogP contribution in [0.25, 0.3) is 16.6 Å². The number of anilines is 1. The van der Waals surface area contributed by atoms with Crippen LogP contribution in [-0.4, -0.2) is 21.8 Å². The molecule has 6 heteroatoms. The number of benzene rings is 3. The summed E-state index contributed by atoms with van der Waals surface area (Å²) in [6.45, 7) is 2.37. The Morgan fingerprint density at radius 3 is 2.47 bits per heavy atom. The van der Waals surface area contributed by atoms with Gasteiger partial charge in [0.05, 0.1) is 16.6 Å². The number of aromatic nitrogens is 2. The van der Waals surface area contributed by atoms with Crippen molar-refractivity contribution < 1.29 is 9.84 Å². The predicted octanol–water partition coefficient (Wildman–Crippen LogP) is 3.94. The number of methoxy groups -OCH3 is 1. The molecule has 0 saturated heterocycles. The van der Waals surface area contributed by atoms with E-state index in [2.05, 4.69) is 10.3 Å². The zero-order chi connectivity index (χ0) is 21.1. The molecular weight excluding hydrogens is 378 g/mol. The van der Waals surface area contributed by atoms with Gasteiger partial charge in [-0.05, 0) is 36.8 Å². The first-order valence-electron chi connectivity index (χ1n) is 9.70. The number of hydrogen-bond donors (Lipinski definition) is 2. The van der Waals surface area contributed by atoms with Gasteiger partial charge in [0.15, 0.2) is 6.29 Å². The largest absolute Gasteiger partial charge is 0.380 e. The number of fused-ring (bicyclic) bond motifs is 1. The fraction of sp³-hybridized carbons (Fsp3) is 0.167. The van der Waals surface area contributed by atoms with Crippen LogP contribution in [0, 0.1) is 6.92 Å². The highest BCUT2D eigenvalue weighted by Crippen LogP contribution is 2.22. The van der Waals surface area contributed by atoms with Crippen LogP contribution in [0.5, 0.6) is 0 Å². The summed E-state index contributed by atoms with van der Waals surface area (Å²) in [6.07, 6.45) is -0.934. The molecule has 6 nitrogen and oxygen atoms in total. The lowest BCUT2D eigenvalue weighted by Crippen LogP contribution is -2.23. The fourth-order valence-electron chi connectivity index (χ4n) is 3.50. The molecule has 4 aromatic rings. The molecule has 0 aliphatic heterocycles. The SMILES string of the molecule is COC(O)c1ccc(CNc2cccc3nc(C)n(-c4ccccc4)c(=O)c23)cc1. The number of hydrogen-bond acceptors (Lipinski definition) is 5. The summed E-state index contributed by atoms with van der Waals surface area (Å²) in [7, 11) is 1.46. The van der Waals surface area contributed by atoms with E-state index in [0.717, 1.165) is 16.9 Å². The summed E-state index contributed by atoms with van der Waals surface area (Å²) >= 11 is 0. The maximum absolute atomic E-state index is 13.4. The third kappa shape index (κ3) is 3.83. The molecule has 0 amide bonds. The first kappa shape index (κ1) is 19.8. The monoisotopic (exact) mass is 401 g/mol. The van der Waals surface area contributed by atoms with E-state index in [1.165, 1.54) is 7.11 Å². The number of aryl methyl sites for hydroxylation is 1. The maximum Gasteiger partial charge on any atom is 0.268 e. The standard InChI is InChI=1S/C24H23N3O3/c1-16-26-21-10-6-9-20(22(21)23(28)27(16)19-7-4-3-5-8-19)25-15-17-11-13-18(14-12-17)24(29)30-2/h3-14,24-25,29H,15H2,1-2H3. The molecule has 30 heavy (non-hydrogen) atoms. The topological polar surface area (TPSA) is 76.4 Å². The van der Waals surface area contributed by atoms with E-state index in [0.29, 0.717) is 28.8 Å². The number of aliphatic hydroxyl groups excluding tert-OH is 1. The molecule has 1 unspecified atom stereocenters. The lowest BCUT2D eigenvalue weighted by molar-refractivity contribution is -0.0769. The lowest BCUT2D eigenvalue weighted by Gasteiger charge is -2.14. The van der Waals surface area contributed by atoms with E-state index in [1.807, 2.05) is 79.7 Å². The second kappa shape index (κ2) is 8.49. The highest BCUT2D eigenvalue weighted by molar-refractivity contribution is 5.90. The third-order valence-electron chi connectivity index (χ3n) is 5.05. The number of rotatable bonds is 6. The van der Waals surface area contributed by atoms with Gasteiger partial charge in [0, 0.05) is 24.9 Å². The van der Waals surface area contributed by atoms with Crippen LogP contribution in [0.4, 0.5) is 5.69 Å². The Morgan fingerprint density at radius 2 is 1.77 bits per heavy atom. The Bertz CT molecular complexity index is 1220. The molecule has 152 valence electrons. The normalized spacial score (nSPS) is 12.1. The van der Waals surface area contributed by atoms with E-state index < -0.39 is 6.29 Å². The zero-order valence-corrected chi connectivity index (χ0v) is 16.9. The van der Waals surface area contributed by atoms with Crippen molar-refractivity contribution in [2.24, 2.45) is 0 Å². The van der Waals surface area contributed by atoms with E-state index in [9.17, 15) is 9.90 Å². The minimum absolute atomic E-state index is 0.106. The van der Waals surface area contributed by atoms with Crippen LogP contribution in [0.3, 0.4) is 0 Å². The minimum atomic E-state index is -0.934. The number of ether oxygens (including phenoxy) is 1. The quantitative estimate of drug-likeness (QED) is 0.479. The van der Waals surface area contributed by atoms with Crippen molar-refractivity contribution >= 4 is 16.6 Å². The lowest BCUT2D eigenvalue weighted by atomic mass is 10.1. The Morgan fingerprint density at radius 1 is 1.03 bits per heavy atom. The van der Waals surface area contributed by atoms with Gasteiger partial charge in [0.1, 0.15) is 5.82 Å². The van der Waals surface area contributed by atoms with Crippen molar-refractivity contribution in [2.45, 2.75) is 19.8 Å². The molecule has 1 aromatic heterocycles. The molecule has 3 aromatic carbocycles. The summed E-state index contributed by atoms with van der Waals surface area (Å²) in [5.74, 6) is 0.642. The average molecular weight is 401 g/mol. The van der Waals surface area contributed by atoms with Gasteiger partial charge < -0.3 is 15.2 Å². The van der Waals surface area contributed by atoms with Crippen molar-refractivity contribution in [3.63, 3.8) is 0 Å². The number of nitrogens with zero attached hydrogens (tertiary/aromatic N) is 2. The zero-order valence-electron chi connectivity index (χ0n) is 16.9. The van der Waals surface area contributed by atoms with E-state index in [-0.39, 0.29) is 5.56 Å². The molecule has 0 aliphatic carbocycles. The average Bonchev–Trinajstić information content (AvgIpc) is 2.78. The number of nitrogens with one attached hydrogen (secondary N) is 1. The van der Waals surface area contributed by atoms with Crippen molar-refractivity contribution in [1.29, 1.82) is 0 Å². The Balaban J connectivity index is 1.69. The minimum Gasteiger partial charge on any atom is -0.380 e. The van der Waals surface area contributed by atoms with Gasteiger partial charge >= 0.3 is 0 Å². The predicted molar refractivity (Wildman–Crippen MR) is 118 cm³/mol. The van der Waals surface area contributed by atoms with Gasteiger partial charge in [-0.3, -0.25) is 9.36 Å². The van der Waals surface area contributed by atoms with Crippen LogP contribution in [0.15, 0.2) is 77.6 Å². The molecule has 4 rings (SSSR count). The van der Waals surface area contributed by atoms with Crippen LogP contribution < -0.4 is 10.9 Å². The Hall–Kier alpha value is -3.48. The van der Waals surface area contributed by atoms with Gasteiger partial charge in [0.25, 0.3) is 5.56 Å². The molecule has 0 spiro atoms. The fourth-order valence-corrected chi connectivity index (χ4v) is 3.50. The third-order valence-corrected chi connectivity index (χ3v) is 5.05. The van der Waals surface area contributed by atoms with Crippen molar-refractivity contribution in [3.05, 3.63) is 100 Å². The van der Waals surface area contributed by atoms with Gasteiger partial charge in [-0.25, -0.2) is 4.98 Å². The second-order valence-corrected chi connectivity index (χ2v) is 7.02. The molecule has 0 saturated carbocycles. The summed E-state index contributed by atoms with van der Waals surface area (Å²) in [5.41, 5.74) is 3.78. The number of aliphatic hydroxyl groups is 1. The molecule has 1 heterocycles. The molecule has 0 bridgehead atoms. The van der Waals surface area contributed by atoms with Crippen molar-refractivity contribution in [1.82, 2.24) is 9.55 Å². The van der Waals surface area contributed by atoms with Gasteiger partial charge in [-0.1, -0.05) is 48.5 Å². The highest BCUT2D eigenvalue weighted by atomic mass is 16.6. The molecule has 0 fully saturated rings. The Kier molecular flexibility index (Phi) is 5.61. The molecule has 0 radical (unpaired) electrons. The van der Waals surface area contributed by atoms with Gasteiger partial charge in [-0.2, -0.15) is 0 Å². The summed E-state index contributed by atoms with van der Waals surface area (Å²) < 4.78 is 6.55. The van der Waals surface area contributed by atoms with E-state index >= 15 is 0 Å². The van der Waals surface area contributed by atoms with Crippen LogP contribution in [-0.2, 0) is 11.3 Å². The first-order chi connectivity index (χ1) is 14.6. The van der Waals surface area contributed by atoms with Gasteiger partial charge in [-0.15, -0.1) is 0 Å². The van der Waals surface area contributed by atoms with Crippen LogP contribution in [0.1, 0.15) is 23.2 Å². The summed E-state index contributed by atoms with van der Waals surface area (Å²) in [4.78, 5) is 18.0. The van der Waals surface area contributed by atoms with E-state index in [4.69, 9.17) is 4.74 Å². The van der Waals surface area contributed by atoms with Crippen LogP contribution in [0.2, 0.25) is 0 Å². The molecule has 0 aliphatic rings. The van der Waals surface area contributed by atoms with Crippen molar-refractivity contribution in [3.8, 4) is 5.69 Å². The maximum atomic E-state index is 13.4. The molecule has 1 atom stereocenters. The Labute approximate surface area is 174 Å². The first-order valence-corrected chi connectivity index (χ1v) is 9.70. The van der Waals surface area contributed by atoms with Gasteiger partial charge in [0.2, 0.25) is 0 Å².